The standard InChI is InChI=1S/C23H26N2O6S/c1-16(21(26)25(3)18-13-14-32(29,30)15-18)31-23(28)20-12-8-7-11-19(20)22(27)24(2)17-9-5-4-6-10-17/h4-12,16,18H,13-15H2,1-3H3. The second kappa shape index (κ2) is 9.52. The van der Waals surface area contributed by atoms with Gasteiger partial charge in [-0.15, -0.1) is 0 Å². The maximum absolute atomic E-state index is 13.0. The molecule has 0 aliphatic carbocycles. The summed E-state index contributed by atoms with van der Waals surface area (Å²) in [5.74, 6) is -1.75. The SMILES string of the molecule is CC(OC(=O)c1ccccc1C(=O)N(C)c1ccccc1)C(=O)N(C)C1CCS(=O)(=O)C1. The second-order valence-electron chi connectivity index (χ2n) is 7.80. The molecule has 0 spiro atoms. The average Bonchev–Trinajstić information content (AvgIpc) is 3.17. The van der Waals surface area contributed by atoms with Gasteiger partial charge in [-0.25, -0.2) is 13.2 Å². The summed E-state index contributed by atoms with van der Waals surface area (Å²) in [6, 6.07) is 14.8. The van der Waals surface area contributed by atoms with Crippen molar-refractivity contribution in [2.45, 2.75) is 25.5 Å². The molecule has 2 amide bonds. The van der Waals surface area contributed by atoms with Gasteiger partial charge in [0.05, 0.1) is 22.6 Å². The van der Waals surface area contributed by atoms with Crippen molar-refractivity contribution in [1.29, 1.82) is 0 Å². The summed E-state index contributed by atoms with van der Waals surface area (Å²) in [7, 11) is -0.0437. The lowest BCUT2D eigenvalue weighted by molar-refractivity contribution is -0.140. The summed E-state index contributed by atoms with van der Waals surface area (Å²) >= 11 is 0. The molecule has 1 aliphatic rings. The Morgan fingerprint density at radius 1 is 0.969 bits per heavy atom. The Bertz CT molecular complexity index is 1120. The van der Waals surface area contributed by atoms with Crippen molar-refractivity contribution in [1.82, 2.24) is 4.90 Å². The predicted octanol–water partition coefficient (Wildman–Crippen LogP) is 2.15. The fourth-order valence-corrected chi connectivity index (χ4v) is 5.39. The molecule has 1 fully saturated rings. The summed E-state index contributed by atoms with van der Waals surface area (Å²) in [6.07, 6.45) is -0.778. The molecule has 0 saturated carbocycles. The maximum atomic E-state index is 13.0. The highest BCUT2D eigenvalue weighted by Crippen LogP contribution is 2.20. The molecule has 0 N–H and O–H groups in total. The van der Waals surface area contributed by atoms with Crippen molar-refractivity contribution < 1.29 is 27.5 Å². The molecule has 3 rings (SSSR count). The largest absolute Gasteiger partial charge is 0.449 e. The van der Waals surface area contributed by atoms with Crippen LogP contribution in [0.4, 0.5) is 5.69 Å². The van der Waals surface area contributed by atoms with Crippen LogP contribution in [0.2, 0.25) is 0 Å². The smallest absolute Gasteiger partial charge is 0.339 e. The van der Waals surface area contributed by atoms with Gasteiger partial charge in [0.25, 0.3) is 11.8 Å². The lowest BCUT2D eigenvalue weighted by Gasteiger charge is -2.26. The van der Waals surface area contributed by atoms with Gasteiger partial charge in [-0.2, -0.15) is 0 Å². The molecular formula is C23H26N2O6S. The predicted molar refractivity (Wildman–Crippen MR) is 120 cm³/mol. The molecule has 0 bridgehead atoms. The number of esters is 1. The van der Waals surface area contributed by atoms with E-state index in [2.05, 4.69) is 0 Å². The molecule has 9 heteroatoms. The quantitative estimate of drug-likeness (QED) is 0.615. The zero-order chi connectivity index (χ0) is 23.5. The minimum Gasteiger partial charge on any atom is -0.449 e. The lowest BCUT2D eigenvalue weighted by atomic mass is 10.1. The zero-order valence-electron chi connectivity index (χ0n) is 18.2. The van der Waals surface area contributed by atoms with Crippen LogP contribution in [0, 0.1) is 0 Å². The normalized spacial score (nSPS) is 17.9. The molecule has 32 heavy (non-hydrogen) atoms. The molecule has 0 radical (unpaired) electrons. The highest BCUT2D eigenvalue weighted by molar-refractivity contribution is 7.91. The number of hydrogen-bond acceptors (Lipinski definition) is 6. The Labute approximate surface area is 187 Å². The van der Waals surface area contributed by atoms with Gasteiger partial charge in [0, 0.05) is 25.8 Å². The third-order valence-electron chi connectivity index (χ3n) is 5.56. The van der Waals surface area contributed by atoms with Crippen LogP contribution in [0.15, 0.2) is 54.6 Å². The number of benzene rings is 2. The summed E-state index contributed by atoms with van der Waals surface area (Å²) < 4.78 is 28.8. The van der Waals surface area contributed by atoms with Crippen molar-refractivity contribution >= 4 is 33.3 Å². The minimum absolute atomic E-state index is 0.0356. The van der Waals surface area contributed by atoms with E-state index in [0.29, 0.717) is 12.1 Å². The number of hydrogen-bond donors (Lipinski definition) is 0. The highest BCUT2D eigenvalue weighted by atomic mass is 32.2. The van der Waals surface area contributed by atoms with Gasteiger partial charge in [-0.3, -0.25) is 9.59 Å². The van der Waals surface area contributed by atoms with Crippen LogP contribution in [0.25, 0.3) is 0 Å². The van der Waals surface area contributed by atoms with Crippen LogP contribution in [0.1, 0.15) is 34.1 Å². The first kappa shape index (κ1) is 23.5. The number of anilines is 1. The minimum atomic E-state index is -3.16. The maximum Gasteiger partial charge on any atom is 0.339 e. The molecular weight excluding hydrogens is 432 g/mol. The summed E-state index contributed by atoms with van der Waals surface area (Å²) in [5.41, 5.74) is 0.863. The van der Waals surface area contributed by atoms with Gasteiger partial charge in [0.15, 0.2) is 15.9 Å². The lowest BCUT2D eigenvalue weighted by Crippen LogP contribution is -2.44. The monoisotopic (exact) mass is 458 g/mol. The summed E-state index contributed by atoms with van der Waals surface area (Å²) in [6.45, 7) is 1.43. The van der Waals surface area contributed by atoms with Crippen LogP contribution in [-0.2, 0) is 19.4 Å². The third-order valence-corrected chi connectivity index (χ3v) is 7.31. The first-order valence-corrected chi connectivity index (χ1v) is 12.0. The molecule has 170 valence electrons. The Morgan fingerprint density at radius 2 is 1.56 bits per heavy atom. The van der Waals surface area contributed by atoms with E-state index in [-0.39, 0.29) is 22.6 Å². The number of rotatable bonds is 6. The van der Waals surface area contributed by atoms with E-state index >= 15 is 0 Å². The van der Waals surface area contributed by atoms with Gasteiger partial charge in [0.1, 0.15) is 0 Å². The Kier molecular flexibility index (Phi) is 6.98. The van der Waals surface area contributed by atoms with E-state index in [1.807, 2.05) is 6.07 Å². The van der Waals surface area contributed by atoms with Gasteiger partial charge in [0.2, 0.25) is 0 Å². The zero-order valence-corrected chi connectivity index (χ0v) is 19.0. The Morgan fingerprint density at radius 3 is 2.16 bits per heavy atom. The molecule has 1 aliphatic heterocycles. The van der Waals surface area contributed by atoms with Gasteiger partial charge in [-0.1, -0.05) is 30.3 Å². The molecule has 8 nitrogen and oxygen atoms in total. The van der Waals surface area contributed by atoms with Crippen molar-refractivity contribution in [2.75, 3.05) is 30.5 Å². The number of amides is 2. The van der Waals surface area contributed by atoms with Gasteiger partial charge >= 0.3 is 5.97 Å². The molecule has 2 atom stereocenters. The second-order valence-corrected chi connectivity index (χ2v) is 10.0. The Balaban J connectivity index is 1.73. The van der Waals surface area contributed by atoms with Crippen molar-refractivity contribution in [3.8, 4) is 0 Å². The van der Waals surface area contributed by atoms with Crippen molar-refractivity contribution in [2.24, 2.45) is 0 Å². The average molecular weight is 459 g/mol. The van der Waals surface area contributed by atoms with Crippen LogP contribution in [0.5, 0.6) is 0 Å². The number of nitrogens with zero attached hydrogens (tertiary/aromatic N) is 2. The van der Waals surface area contributed by atoms with Crippen LogP contribution >= 0.6 is 0 Å². The fourth-order valence-electron chi connectivity index (χ4n) is 3.62. The topological polar surface area (TPSA) is 101 Å². The van der Waals surface area contributed by atoms with Gasteiger partial charge in [-0.05, 0) is 37.6 Å². The van der Waals surface area contributed by atoms with E-state index in [1.165, 1.54) is 35.9 Å². The first-order valence-electron chi connectivity index (χ1n) is 10.2. The number of carbonyl (C=O) groups is 3. The summed E-state index contributed by atoms with van der Waals surface area (Å²) in [5, 5.41) is 0. The molecule has 2 aromatic carbocycles. The first-order chi connectivity index (χ1) is 15.1. The number of ether oxygens (including phenoxy) is 1. The number of likely N-dealkylation sites (N-methyl/N-ethyl adjacent to an activating group) is 1. The highest BCUT2D eigenvalue weighted by Gasteiger charge is 2.35. The molecule has 0 aromatic heterocycles. The van der Waals surface area contributed by atoms with E-state index in [0.717, 1.165) is 0 Å². The van der Waals surface area contributed by atoms with E-state index < -0.39 is 39.8 Å². The van der Waals surface area contributed by atoms with Crippen molar-refractivity contribution in [3.05, 3.63) is 65.7 Å². The number of para-hydroxylation sites is 1. The fraction of sp³-hybridized carbons (Fsp3) is 0.348. The van der Waals surface area contributed by atoms with Crippen LogP contribution in [-0.4, -0.2) is 68.8 Å². The van der Waals surface area contributed by atoms with Crippen LogP contribution < -0.4 is 4.90 Å². The van der Waals surface area contributed by atoms with Gasteiger partial charge < -0.3 is 14.5 Å². The van der Waals surface area contributed by atoms with Crippen molar-refractivity contribution in [3.63, 3.8) is 0 Å². The number of carbonyl (C=O) groups excluding carboxylic acids is 3. The van der Waals surface area contributed by atoms with E-state index in [4.69, 9.17) is 4.74 Å². The molecule has 1 saturated heterocycles. The number of sulfone groups is 1. The van der Waals surface area contributed by atoms with Crippen LogP contribution in [0.3, 0.4) is 0 Å². The Hall–Kier alpha value is -3.20. The molecule has 1 heterocycles. The third kappa shape index (κ3) is 5.16. The van der Waals surface area contributed by atoms with E-state index in [9.17, 15) is 22.8 Å². The summed E-state index contributed by atoms with van der Waals surface area (Å²) in [4.78, 5) is 41.3. The molecule has 2 unspecified atom stereocenters. The van der Waals surface area contributed by atoms with E-state index in [1.54, 1.807) is 43.4 Å². The molecule has 2 aromatic rings.